The summed E-state index contributed by atoms with van der Waals surface area (Å²) in [5, 5.41) is 4.00. The minimum Gasteiger partial charge on any atom is -0.491 e. The highest BCUT2D eigenvalue weighted by atomic mass is 35.5. The van der Waals surface area contributed by atoms with Crippen molar-refractivity contribution < 1.29 is 4.74 Å². The molecule has 0 fully saturated rings. The first kappa shape index (κ1) is 11.2. The Kier molecular flexibility index (Phi) is 2.76. The summed E-state index contributed by atoms with van der Waals surface area (Å²) in [6.07, 6.45) is 0. The molecule has 18 heavy (non-hydrogen) atoms. The second kappa shape index (κ2) is 4.42. The van der Waals surface area contributed by atoms with Crippen molar-refractivity contribution in [3.05, 3.63) is 53.1 Å². The smallest absolute Gasteiger partial charge is 0.124 e. The Hall–Kier alpha value is -1.87. The van der Waals surface area contributed by atoms with Crippen molar-refractivity contribution in [1.29, 1.82) is 0 Å². The number of ether oxygens (including phenoxy) is 1. The molecule has 0 spiro atoms. The topological polar surface area (TPSA) is 47.3 Å². The van der Waals surface area contributed by atoms with Gasteiger partial charge in [0.2, 0.25) is 0 Å². The quantitative estimate of drug-likeness (QED) is 0.813. The van der Waals surface area contributed by atoms with Gasteiger partial charge in [0.15, 0.2) is 0 Å². The number of hydrogen-bond donors (Lipinski definition) is 2. The molecule has 0 saturated carbocycles. The average molecular weight is 261 g/mol. The van der Waals surface area contributed by atoms with Crippen molar-refractivity contribution in [2.45, 2.75) is 6.04 Å². The zero-order chi connectivity index (χ0) is 12.5. The molecule has 3 nitrogen and oxygen atoms in total. The molecule has 0 saturated heterocycles. The van der Waals surface area contributed by atoms with Crippen LogP contribution < -0.4 is 15.8 Å². The van der Waals surface area contributed by atoms with Crippen LogP contribution in [0.3, 0.4) is 0 Å². The van der Waals surface area contributed by atoms with Crippen molar-refractivity contribution in [3.63, 3.8) is 0 Å². The van der Waals surface area contributed by atoms with Crippen LogP contribution in [0, 0.1) is 0 Å². The Morgan fingerprint density at radius 3 is 2.89 bits per heavy atom. The van der Waals surface area contributed by atoms with Crippen molar-refractivity contribution in [3.8, 4) is 5.75 Å². The predicted molar refractivity (Wildman–Crippen MR) is 74.2 cm³/mol. The number of nitrogens with one attached hydrogen (secondary N) is 1. The molecule has 1 unspecified atom stereocenters. The van der Waals surface area contributed by atoms with Crippen molar-refractivity contribution in [2.75, 3.05) is 17.7 Å². The summed E-state index contributed by atoms with van der Waals surface area (Å²) in [7, 11) is 0. The summed E-state index contributed by atoms with van der Waals surface area (Å²) < 4.78 is 5.62. The van der Waals surface area contributed by atoms with Crippen molar-refractivity contribution in [2.24, 2.45) is 0 Å². The molecule has 0 amide bonds. The Bertz CT molecular complexity index is 586. The molecule has 1 aliphatic heterocycles. The van der Waals surface area contributed by atoms with E-state index in [1.807, 2.05) is 30.3 Å². The SMILES string of the molecule is Nc1ccc(NC2COc3ccccc32)c(Cl)c1. The summed E-state index contributed by atoms with van der Waals surface area (Å²) in [5.41, 5.74) is 8.37. The second-order valence-corrected chi connectivity index (χ2v) is 4.69. The number of halogens is 1. The van der Waals surface area contributed by atoms with E-state index in [9.17, 15) is 0 Å². The molecule has 92 valence electrons. The highest BCUT2D eigenvalue weighted by Crippen LogP contribution is 2.35. The number of rotatable bonds is 2. The molecule has 1 aliphatic rings. The molecule has 0 bridgehead atoms. The molecule has 3 N–H and O–H groups in total. The van der Waals surface area contributed by atoms with E-state index >= 15 is 0 Å². The number of nitrogen functional groups attached to an aromatic ring is 1. The third-order valence-electron chi connectivity index (χ3n) is 3.02. The Labute approximate surface area is 111 Å². The second-order valence-electron chi connectivity index (χ2n) is 4.29. The lowest BCUT2D eigenvalue weighted by Crippen LogP contribution is -2.12. The van der Waals surface area contributed by atoms with E-state index < -0.39 is 0 Å². The van der Waals surface area contributed by atoms with Crippen LogP contribution in [0.2, 0.25) is 5.02 Å². The monoisotopic (exact) mass is 260 g/mol. The van der Waals surface area contributed by atoms with Crippen LogP contribution in [-0.2, 0) is 0 Å². The predicted octanol–water partition coefficient (Wildman–Crippen LogP) is 3.47. The van der Waals surface area contributed by atoms with Gasteiger partial charge in [-0.25, -0.2) is 0 Å². The first-order valence-electron chi connectivity index (χ1n) is 5.77. The fourth-order valence-corrected chi connectivity index (χ4v) is 2.36. The van der Waals surface area contributed by atoms with Gasteiger partial charge in [-0.1, -0.05) is 29.8 Å². The maximum atomic E-state index is 6.15. The van der Waals surface area contributed by atoms with Crippen molar-refractivity contribution >= 4 is 23.0 Å². The first-order valence-corrected chi connectivity index (χ1v) is 6.15. The van der Waals surface area contributed by atoms with Gasteiger partial charge in [0.05, 0.1) is 16.8 Å². The van der Waals surface area contributed by atoms with Gasteiger partial charge in [-0.15, -0.1) is 0 Å². The molecular weight excluding hydrogens is 248 g/mol. The maximum Gasteiger partial charge on any atom is 0.124 e. The van der Waals surface area contributed by atoms with E-state index in [0.29, 0.717) is 17.3 Å². The lowest BCUT2D eigenvalue weighted by Gasteiger charge is -2.14. The summed E-state index contributed by atoms with van der Waals surface area (Å²) in [6, 6.07) is 13.6. The molecule has 1 atom stereocenters. The van der Waals surface area contributed by atoms with Gasteiger partial charge < -0.3 is 15.8 Å². The Morgan fingerprint density at radius 1 is 1.22 bits per heavy atom. The minimum absolute atomic E-state index is 0.127. The van der Waals surface area contributed by atoms with E-state index in [-0.39, 0.29) is 6.04 Å². The van der Waals surface area contributed by atoms with Crippen LogP contribution >= 0.6 is 11.6 Å². The third kappa shape index (κ3) is 1.97. The van der Waals surface area contributed by atoms with E-state index in [2.05, 4.69) is 11.4 Å². The first-order chi connectivity index (χ1) is 8.74. The molecule has 2 aromatic rings. The largest absolute Gasteiger partial charge is 0.491 e. The molecule has 2 aromatic carbocycles. The minimum atomic E-state index is 0.127. The van der Waals surface area contributed by atoms with Crippen LogP contribution in [0.1, 0.15) is 11.6 Å². The zero-order valence-electron chi connectivity index (χ0n) is 9.69. The number of hydrogen-bond acceptors (Lipinski definition) is 3. The van der Waals surface area contributed by atoms with Crippen LogP contribution in [0.25, 0.3) is 0 Å². The molecule has 0 aliphatic carbocycles. The van der Waals surface area contributed by atoms with E-state index in [0.717, 1.165) is 17.0 Å². The number of nitrogens with two attached hydrogens (primary N) is 1. The number of benzene rings is 2. The standard InChI is InChI=1S/C14H13ClN2O/c15-11-7-9(16)5-6-12(11)17-13-8-18-14-4-2-1-3-10(13)14/h1-7,13,17H,8,16H2. The number of para-hydroxylation sites is 1. The fourth-order valence-electron chi connectivity index (χ4n) is 2.12. The van der Waals surface area contributed by atoms with Gasteiger partial charge in [0.25, 0.3) is 0 Å². The molecular formula is C14H13ClN2O. The molecule has 4 heteroatoms. The summed E-state index contributed by atoms with van der Waals surface area (Å²) in [4.78, 5) is 0. The van der Waals surface area contributed by atoms with Crippen molar-refractivity contribution in [1.82, 2.24) is 0 Å². The lowest BCUT2D eigenvalue weighted by molar-refractivity contribution is 0.340. The average Bonchev–Trinajstić information content (AvgIpc) is 2.76. The van der Waals surface area contributed by atoms with Crippen LogP contribution in [-0.4, -0.2) is 6.61 Å². The summed E-state index contributed by atoms with van der Waals surface area (Å²) >= 11 is 6.15. The van der Waals surface area contributed by atoms with Crippen LogP contribution in [0.15, 0.2) is 42.5 Å². The molecule has 0 aromatic heterocycles. The Balaban J connectivity index is 1.86. The Morgan fingerprint density at radius 2 is 2.06 bits per heavy atom. The maximum absolute atomic E-state index is 6.15. The van der Waals surface area contributed by atoms with E-state index in [1.165, 1.54) is 0 Å². The highest BCUT2D eigenvalue weighted by molar-refractivity contribution is 6.33. The van der Waals surface area contributed by atoms with E-state index in [4.69, 9.17) is 22.1 Å². The zero-order valence-corrected chi connectivity index (χ0v) is 10.4. The van der Waals surface area contributed by atoms with E-state index in [1.54, 1.807) is 6.07 Å². The number of fused-ring (bicyclic) bond motifs is 1. The molecule has 0 radical (unpaired) electrons. The van der Waals surface area contributed by atoms with Crippen LogP contribution in [0.4, 0.5) is 11.4 Å². The van der Waals surface area contributed by atoms with Gasteiger partial charge in [-0.05, 0) is 24.3 Å². The summed E-state index contributed by atoms with van der Waals surface area (Å²) in [5.74, 6) is 0.932. The van der Waals surface area contributed by atoms with Gasteiger partial charge in [0.1, 0.15) is 12.4 Å². The molecule has 1 heterocycles. The third-order valence-corrected chi connectivity index (χ3v) is 3.34. The normalized spacial score (nSPS) is 17.1. The number of anilines is 2. The van der Waals surface area contributed by atoms with Gasteiger partial charge in [0, 0.05) is 11.3 Å². The van der Waals surface area contributed by atoms with Gasteiger partial charge in [-0.3, -0.25) is 0 Å². The van der Waals surface area contributed by atoms with Gasteiger partial charge in [-0.2, -0.15) is 0 Å². The lowest BCUT2D eigenvalue weighted by atomic mass is 10.1. The highest BCUT2D eigenvalue weighted by Gasteiger charge is 2.23. The fraction of sp³-hybridized carbons (Fsp3) is 0.143. The van der Waals surface area contributed by atoms with Crippen LogP contribution in [0.5, 0.6) is 5.75 Å². The van der Waals surface area contributed by atoms with Gasteiger partial charge >= 0.3 is 0 Å². The summed E-state index contributed by atoms with van der Waals surface area (Å²) in [6.45, 7) is 0.611. The molecule has 3 rings (SSSR count).